The van der Waals surface area contributed by atoms with Crippen molar-refractivity contribution in [1.29, 1.82) is 0 Å². The maximum atomic E-state index is 6.84. The first-order valence-electron chi connectivity index (χ1n) is 3.31. The van der Waals surface area contributed by atoms with E-state index in [-0.39, 0.29) is 0 Å². The summed E-state index contributed by atoms with van der Waals surface area (Å²) in [5, 5.41) is 0. The van der Waals surface area contributed by atoms with Crippen LogP contribution < -0.4 is 0 Å². The minimum Gasteiger partial charge on any atom is -0.0651 e. The molecular formula is C6H14. The second-order valence-electron chi connectivity index (χ2n) is 1.80. The van der Waals surface area contributed by atoms with Gasteiger partial charge in [-0.05, 0) is 5.92 Å². The number of rotatable bonds is 2. The van der Waals surface area contributed by atoms with Crippen LogP contribution in [0.5, 0.6) is 0 Å². The molecule has 0 aliphatic rings. The second-order valence-corrected chi connectivity index (χ2v) is 1.80. The summed E-state index contributed by atoms with van der Waals surface area (Å²) >= 11 is 0. The summed E-state index contributed by atoms with van der Waals surface area (Å²) in [6.45, 7) is 4.95. The molecule has 0 aliphatic heterocycles. The van der Waals surface area contributed by atoms with Gasteiger partial charge in [-0.15, -0.1) is 0 Å². The molecule has 0 aromatic carbocycles. The average molecular weight is 88.2 g/mol. The van der Waals surface area contributed by atoms with Crippen LogP contribution >= 0.6 is 0 Å². The monoisotopic (exact) mass is 88.1 g/mol. The Labute approximate surface area is 42.0 Å². The van der Waals surface area contributed by atoms with Gasteiger partial charge in [0.05, 0.1) is 0 Å². The molecular weight excluding hydrogens is 72.1 g/mol. The Morgan fingerprint density at radius 1 is 1.67 bits per heavy atom. The largest absolute Gasteiger partial charge is 0.0651 e. The van der Waals surface area contributed by atoms with E-state index >= 15 is 0 Å². The molecule has 0 amide bonds. The van der Waals surface area contributed by atoms with Crippen molar-refractivity contribution in [1.82, 2.24) is 0 Å². The van der Waals surface area contributed by atoms with Crippen molar-refractivity contribution in [3.05, 3.63) is 0 Å². The van der Waals surface area contributed by atoms with Crippen LogP contribution in [-0.2, 0) is 0 Å². The normalized spacial score (nSPS) is 16.7. The Morgan fingerprint density at radius 2 is 2.33 bits per heavy atom. The molecule has 1 atom stereocenters. The van der Waals surface area contributed by atoms with E-state index in [2.05, 4.69) is 13.8 Å². The first-order valence-corrected chi connectivity index (χ1v) is 2.60. The van der Waals surface area contributed by atoms with E-state index in [0.717, 1.165) is 12.3 Å². The highest BCUT2D eigenvalue weighted by atomic mass is 13.9. The molecule has 0 aliphatic carbocycles. The summed E-state index contributed by atoms with van der Waals surface area (Å²) in [5.41, 5.74) is 0. The van der Waals surface area contributed by atoms with Gasteiger partial charge in [-0.2, -0.15) is 0 Å². The van der Waals surface area contributed by atoms with Crippen LogP contribution in [0.15, 0.2) is 0 Å². The van der Waals surface area contributed by atoms with Gasteiger partial charge in [0, 0.05) is 1.37 Å². The predicted octanol–water partition coefficient (Wildman–Crippen LogP) is 2.44. The van der Waals surface area contributed by atoms with Gasteiger partial charge in [0.15, 0.2) is 0 Å². The second kappa shape index (κ2) is 3.20. The van der Waals surface area contributed by atoms with Gasteiger partial charge in [0.2, 0.25) is 0 Å². The zero-order valence-corrected chi connectivity index (χ0v) is 4.70. The number of hydrogen-bond donors (Lipinski definition) is 0. The third-order valence-corrected chi connectivity index (χ3v) is 1.19. The van der Waals surface area contributed by atoms with Gasteiger partial charge >= 0.3 is 0 Å². The zero-order chi connectivity index (χ0) is 5.70. The van der Waals surface area contributed by atoms with E-state index in [1.807, 2.05) is 0 Å². The summed E-state index contributed by atoms with van der Waals surface area (Å²) in [7, 11) is 0. The molecule has 0 radical (unpaired) electrons. The molecule has 0 aromatic heterocycles. The van der Waals surface area contributed by atoms with Crippen molar-refractivity contribution < 1.29 is 1.37 Å². The quantitative estimate of drug-likeness (QED) is 0.486. The molecule has 0 heterocycles. The van der Waals surface area contributed by atoms with Gasteiger partial charge in [0.1, 0.15) is 0 Å². The topological polar surface area (TPSA) is 0 Å². The fourth-order valence-corrected chi connectivity index (χ4v) is 0.204. The molecule has 1 unspecified atom stereocenters. The van der Waals surface area contributed by atoms with Crippen molar-refractivity contribution in [3.63, 3.8) is 0 Å². The van der Waals surface area contributed by atoms with Crippen LogP contribution in [0, 0.1) is 5.92 Å². The number of hydrogen-bond acceptors (Lipinski definition) is 0. The van der Waals surface area contributed by atoms with E-state index in [0.29, 0.717) is 6.90 Å². The van der Waals surface area contributed by atoms with Crippen LogP contribution in [0.25, 0.3) is 0 Å². The molecule has 0 bridgehead atoms. The van der Waals surface area contributed by atoms with E-state index in [1.165, 1.54) is 6.42 Å². The highest BCUT2D eigenvalue weighted by molar-refractivity contribution is 4.41. The average Bonchev–Trinajstić information content (AvgIpc) is 1.68. The standard InChI is InChI=1S/C6H14/c1-4-6(3)5-2/h6H,4-5H2,1-3H3/i1T. The summed E-state index contributed by atoms with van der Waals surface area (Å²) in [4.78, 5) is 0. The Balaban J connectivity index is 2.83. The molecule has 6 heavy (non-hydrogen) atoms. The van der Waals surface area contributed by atoms with E-state index in [1.54, 1.807) is 0 Å². The highest BCUT2D eigenvalue weighted by Crippen LogP contribution is 2.02. The van der Waals surface area contributed by atoms with E-state index in [4.69, 9.17) is 1.37 Å². The fraction of sp³-hybridized carbons (Fsp3) is 1.00. The molecule has 0 saturated carbocycles. The Bertz CT molecular complexity index is 35.2. The fourth-order valence-electron chi connectivity index (χ4n) is 0.204. The van der Waals surface area contributed by atoms with Crippen molar-refractivity contribution in [3.8, 4) is 0 Å². The molecule has 0 spiro atoms. The summed E-state index contributed by atoms with van der Waals surface area (Å²) in [5.74, 6) is 0.762. The van der Waals surface area contributed by atoms with Gasteiger partial charge in [-0.25, -0.2) is 0 Å². The van der Waals surface area contributed by atoms with E-state index < -0.39 is 0 Å². The first-order chi connectivity index (χ1) is 3.31. The lowest BCUT2D eigenvalue weighted by Gasteiger charge is -1.98. The molecule has 0 fully saturated rings. The highest BCUT2D eigenvalue weighted by Gasteiger charge is 1.88. The van der Waals surface area contributed by atoms with Crippen molar-refractivity contribution in [2.24, 2.45) is 5.92 Å². The third kappa shape index (κ3) is 2.25. The van der Waals surface area contributed by atoms with Crippen molar-refractivity contribution >= 4 is 0 Å². The lowest BCUT2D eigenvalue weighted by molar-refractivity contribution is 0.544. The third-order valence-electron chi connectivity index (χ3n) is 1.19. The van der Waals surface area contributed by atoms with Crippen molar-refractivity contribution in [2.45, 2.75) is 33.6 Å². The summed E-state index contributed by atoms with van der Waals surface area (Å²) in [6, 6.07) is 0. The maximum absolute atomic E-state index is 6.84. The van der Waals surface area contributed by atoms with Crippen LogP contribution in [0.3, 0.4) is 0 Å². The first kappa shape index (κ1) is 4.17. The lowest BCUT2D eigenvalue weighted by Crippen LogP contribution is -1.85. The molecule has 0 saturated heterocycles. The van der Waals surface area contributed by atoms with Gasteiger partial charge in [-0.3, -0.25) is 0 Å². The Morgan fingerprint density at radius 3 is 2.50 bits per heavy atom. The Kier molecular flexibility index (Phi) is 2.22. The summed E-state index contributed by atoms with van der Waals surface area (Å²) in [6.07, 6.45) is 2.29. The maximum Gasteiger partial charge on any atom is 0.0230 e. The van der Waals surface area contributed by atoms with Crippen molar-refractivity contribution in [2.75, 3.05) is 0 Å². The van der Waals surface area contributed by atoms with E-state index in [9.17, 15) is 0 Å². The Hall–Kier alpha value is 0. The predicted molar refractivity (Wildman–Crippen MR) is 29.7 cm³/mol. The molecule has 0 nitrogen and oxygen atoms in total. The van der Waals surface area contributed by atoms with Gasteiger partial charge < -0.3 is 0 Å². The molecule has 38 valence electrons. The summed E-state index contributed by atoms with van der Waals surface area (Å²) < 4.78 is 6.84. The molecule has 0 aromatic rings. The lowest BCUT2D eigenvalue weighted by atomic mass is 10.1. The van der Waals surface area contributed by atoms with Crippen LogP contribution in [0.4, 0.5) is 0 Å². The van der Waals surface area contributed by atoms with Crippen LogP contribution in [0.2, 0.25) is 0 Å². The van der Waals surface area contributed by atoms with Gasteiger partial charge in [0.25, 0.3) is 0 Å². The zero-order valence-electron chi connectivity index (χ0n) is 5.70. The van der Waals surface area contributed by atoms with Crippen LogP contribution in [0.1, 0.15) is 35.0 Å². The smallest absolute Gasteiger partial charge is 0.0230 e. The SMILES string of the molecule is [3H]CCC(C)CC. The molecule has 0 heteroatoms. The molecule has 0 rings (SSSR count). The van der Waals surface area contributed by atoms with Gasteiger partial charge in [-0.1, -0.05) is 33.6 Å². The molecule has 0 N–H and O–H groups in total. The minimum absolute atomic E-state index is 0.592. The minimum atomic E-state index is 0.592. The van der Waals surface area contributed by atoms with Crippen LogP contribution in [-0.4, -0.2) is 0 Å².